The van der Waals surface area contributed by atoms with Crippen LogP contribution >= 0.6 is 0 Å². The largest absolute Gasteiger partial charge is 0.356 e. The van der Waals surface area contributed by atoms with Gasteiger partial charge in [-0.15, -0.1) is 0 Å². The van der Waals surface area contributed by atoms with Gasteiger partial charge in [-0.05, 0) is 37.6 Å². The summed E-state index contributed by atoms with van der Waals surface area (Å²) in [5.74, 6) is 1.85. The maximum atomic E-state index is 11.9. The summed E-state index contributed by atoms with van der Waals surface area (Å²) in [4.78, 5) is 11.9. The Kier molecular flexibility index (Phi) is 4.22. The van der Waals surface area contributed by atoms with Crippen molar-refractivity contribution in [2.24, 2.45) is 17.8 Å². The van der Waals surface area contributed by atoms with Crippen LogP contribution in [0.1, 0.15) is 39.0 Å². The molecule has 1 saturated heterocycles. The fraction of sp³-hybridized carbons (Fsp3) is 0.923. The van der Waals surface area contributed by atoms with Crippen molar-refractivity contribution in [1.29, 1.82) is 0 Å². The summed E-state index contributed by atoms with van der Waals surface area (Å²) in [6.45, 7) is 5.04. The van der Waals surface area contributed by atoms with Crippen molar-refractivity contribution in [1.82, 2.24) is 10.6 Å². The molecular formula is C13H24N2O. The minimum Gasteiger partial charge on any atom is -0.356 e. The molecule has 2 fully saturated rings. The van der Waals surface area contributed by atoms with Crippen molar-refractivity contribution >= 4 is 5.91 Å². The first kappa shape index (κ1) is 11.9. The Morgan fingerprint density at radius 2 is 2.06 bits per heavy atom. The normalized spacial score (nSPS) is 31.6. The molecule has 2 unspecified atom stereocenters. The molecule has 0 aromatic carbocycles. The smallest absolute Gasteiger partial charge is 0.224 e. The molecule has 16 heavy (non-hydrogen) atoms. The average molecular weight is 224 g/mol. The molecule has 1 saturated carbocycles. The Hall–Kier alpha value is -0.570. The Morgan fingerprint density at radius 3 is 2.75 bits per heavy atom. The molecule has 3 nitrogen and oxygen atoms in total. The number of rotatable bonds is 3. The summed E-state index contributed by atoms with van der Waals surface area (Å²) in [5.41, 5.74) is 0. The molecule has 1 heterocycles. The number of piperidine rings is 1. The van der Waals surface area contributed by atoms with Crippen LogP contribution in [0, 0.1) is 17.8 Å². The topological polar surface area (TPSA) is 41.1 Å². The quantitative estimate of drug-likeness (QED) is 0.763. The molecule has 0 aromatic rings. The Bertz CT molecular complexity index is 236. The minimum absolute atomic E-state index is 0.199. The molecule has 0 aromatic heterocycles. The maximum Gasteiger partial charge on any atom is 0.224 e. The molecule has 92 valence electrons. The predicted octanol–water partition coefficient (Wildman–Crippen LogP) is 1.54. The van der Waals surface area contributed by atoms with E-state index in [0.29, 0.717) is 5.92 Å². The molecule has 0 radical (unpaired) electrons. The van der Waals surface area contributed by atoms with Crippen LogP contribution in [0.2, 0.25) is 0 Å². The highest BCUT2D eigenvalue weighted by Crippen LogP contribution is 2.24. The molecule has 3 heteroatoms. The second-order valence-corrected chi connectivity index (χ2v) is 5.59. The number of carbonyl (C=O) groups excluding carboxylic acids is 1. The van der Waals surface area contributed by atoms with Crippen LogP contribution in [-0.4, -0.2) is 25.5 Å². The van der Waals surface area contributed by atoms with E-state index in [1.54, 1.807) is 0 Å². The summed E-state index contributed by atoms with van der Waals surface area (Å²) in [5, 5.41) is 6.47. The van der Waals surface area contributed by atoms with Gasteiger partial charge in [0.05, 0.1) is 5.92 Å². The van der Waals surface area contributed by atoms with E-state index in [1.807, 2.05) is 0 Å². The average Bonchev–Trinajstić information content (AvgIpc) is 2.78. The van der Waals surface area contributed by atoms with E-state index >= 15 is 0 Å². The van der Waals surface area contributed by atoms with Crippen molar-refractivity contribution in [3.63, 3.8) is 0 Å². The van der Waals surface area contributed by atoms with Crippen molar-refractivity contribution in [2.45, 2.75) is 39.0 Å². The molecule has 2 rings (SSSR count). The summed E-state index contributed by atoms with van der Waals surface area (Å²) in [6, 6.07) is 0. The number of amides is 1. The zero-order chi connectivity index (χ0) is 11.4. The third-order valence-corrected chi connectivity index (χ3v) is 3.98. The lowest BCUT2D eigenvalue weighted by Gasteiger charge is -2.27. The first-order valence-corrected chi connectivity index (χ1v) is 6.74. The predicted molar refractivity (Wildman–Crippen MR) is 65.1 cm³/mol. The van der Waals surface area contributed by atoms with E-state index in [9.17, 15) is 4.79 Å². The molecular weight excluding hydrogens is 200 g/mol. The van der Waals surface area contributed by atoms with Gasteiger partial charge in [-0.25, -0.2) is 0 Å². The van der Waals surface area contributed by atoms with Crippen LogP contribution in [0.4, 0.5) is 0 Å². The number of hydrogen-bond donors (Lipinski definition) is 2. The van der Waals surface area contributed by atoms with Crippen LogP contribution in [0.3, 0.4) is 0 Å². The minimum atomic E-state index is 0.199. The van der Waals surface area contributed by atoms with E-state index in [4.69, 9.17) is 0 Å². The second kappa shape index (κ2) is 5.67. The van der Waals surface area contributed by atoms with Crippen LogP contribution < -0.4 is 10.6 Å². The molecule has 0 bridgehead atoms. The Morgan fingerprint density at radius 1 is 1.31 bits per heavy atom. The van der Waals surface area contributed by atoms with Gasteiger partial charge in [-0.3, -0.25) is 4.79 Å². The fourth-order valence-electron chi connectivity index (χ4n) is 2.96. The summed E-state index contributed by atoms with van der Waals surface area (Å²) in [7, 11) is 0. The highest BCUT2D eigenvalue weighted by molar-refractivity contribution is 5.79. The van der Waals surface area contributed by atoms with Gasteiger partial charge in [0.15, 0.2) is 0 Å². The zero-order valence-electron chi connectivity index (χ0n) is 10.3. The molecule has 2 aliphatic rings. The lowest BCUT2D eigenvalue weighted by Crippen LogP contribution is -2.44. The fourth-order valence-corrected chi connectivity index (χ4v) is 2.96. The van der Waals surface area contributed by atoms with E-state index < -0.39 is 0 Å². The summed E-state index contributed by atoms with van der Waals surface area (Å²) in [6.07, 6.45) is 6.35. The SMILES string of the molecule is CC1CNCC(C(=O)NCC2CCCC2)C1. The summed E-state index contributed by atoms with van der Waals surface area (Å²) >= 11 is 0. The van der Waals surface area contributed by atoms with Crippen molar-refractivity contribution in [2.75, 3.05) is 19.6 Å². The number of nitrogens with one attached hydrogen (secondary N) is 2. The van der Waals surface area contributed by atoms with Crippen LogP contribution in [0.15, 0.2) is 0 Å². The number of hydrogen-bond acceptors (Lipinski definition) is 2. The van der Waals surface area contributed by atoms with Gasteiger partial charge < -0.3 is 10.6 Å². The molecule has 1 amide bonds. The van der Waals surface area contributed by atoms with Gasteiger partial charge in [0.1, 0.15) is 0 Å². The highest BCUT2D eigenvalue weighted by Gasteiger charge is 2.25. The van der Waals surface area contributed by atoms with E-state index in [2.05, 4.69) is 17.6 Å². The van der Waals surface area contributed by atoms with E-state index in [1.165, 1.54) is 25.7 Å². The molecule has 2 atom stereocenters. The van der Waals surface area contributed by atoms with Crippen LogP contribution in [0.25, 0.3) is 0 Å². The van der Waals surface area contributed by atoms with Crippen LogP contribution in [0.5, 0.6) is 0 Å². The van der Waals surface area contributed by atoms with Crippen molar-refractivity contribution < 1.29 is 4.79 Å². The van der Waals surface area contributed by atoms with Crippen molar-refractivity contribution in [3.8, 4) is 0 Å². The van der Waals surface area contributed by atoms with Gasteiger partial charge in [0.2, 0.25) is 5.91 Å². The summed E-state index contributed by atoms with van der Waals surface area (Å²) < 4.78 is 0. The monoisotopic (exact) mass is 224 g/mol. The first-order valence-electron chi connectivity index (χ1n) is 6.74. The lowest BCUT2D eigenvalue weighted by molar-refractivity contribution is -0.126. The molecule has 2 N–H and O–H groups in total. The molecule has 0 spiro atoms. The Balaban J connectivity index is 1.70. The maximum absolute atomic E-state index is 11.9. The second-order valence-electron chi connectivity index (χ2n) is 5.59. The van der Waals surface area contributed by atoms with Gasteiger partial charge in [0.25, 0.3) is 0 Å². The molecule has 1 aliphatic carbocycles. The standard InChI is InChI=1S/C13H24N2O/c1-10-6-12(9-14-7-10)13(16)15-8-11-4-2-3-5-11/h10-12,14H,2-9H2,1H3,(H,15,16). The van der Waals surface area contributed by atoms with Crippen molar-refractivity contribution in [3.05, 3.63) is 0 Å². The van der Waals surface area contributed by atoms with Gasteiger partial charge in [-0.2, -0.15) is 0 Å². The van der Waals surface area contributed by atoms with Crippen LogP contribution in [-0.2, 0) is 4.79 Å². The third kappa shape index (κ3) is 3.21. The zero-order valence-corrected chi connectivity index (χ0v) is 10.3. The first-order chi connectivity index (χ1) is 7.75. The van der Waals surface area contributed by atoms with Gasteiger partial charge in [-0.1, -0.05) is 19.8 Å². The van der Waals surface area contributed by atoms with Gasteiger partial charge >= 0.3 is 0 Å². The highest BCUT2D eigenvalue weighted by atomic mass is 16.1. The molecule has 1 aliphatic heterocycles. The van der Waals surface area contributed by atoms with Gasteiger partial charge in [0, 0.05) is 13.1 Å². The van der Waals surface area contributed by atoms with E-state index in [-0.39, 0.29) is 11.8 Å². The Labute approximate surface area is 98.4 Å². The lowest BCUT2D eigenvalue weighted by atomic mass is 9.91. The van der Waals surface area contributed by atoms with E-state index in [0.717, 1.165) is 32.0 Å². The number of carbonyl (C=O) groups is 1. The third-order valence-electron chi connectivity index (χ3n) is 3.98.